The molecule has 0 aliphatic rings. The van der Waals surface area contributed by atoms with Gasteiger partial charge in [0.1, 0.15) is 0 Å². The Kier molecular flexibility index (Phi) is 4.14. The predicted molar refractivity (Wildman–Crippen MR) is 73.3 cm³/mol. The molecular formula is C14H18O2Si. The van der Waals surface area contributed by atoms with E-state index in [2.05, 4.69) is 25.6 Å². The number of ether oxygens (including phenoxy) is 1. The van der Waals surface area contributed by atoms with Gasteiger partial charge in [0.15, 0.2) is 0 Å². The Morgan fingerprint density at radius 3 is 2.53 bits per heavy atom. The van der Waals surface area contributed by atoms with Gasteiger partial charge in [-0.15, -0.1) is 12.3 Å². The third kappa shape index (κ3) is 2.98. The van der Waals surface area contributed by atoms with E-state index in [0.717, 1.165) is 10.8 Å². The summed E-state index contributed by atoms with van der Waals surface area (Å²) < 4.78 is 4.84. The molecule has 0 atom stereocenters. The summed E-state index contributed by atoms with van der Waals surface area (Å²) in [5.41, 5.74) is 1.74. The summed E-state index contributed by atoms with van der Waals surface area (Å²) in [4.78, 5) is 11.8. The highest BCUT2D eigenvalue weighted by Crippen LogP contribution is 2.13. The van der Waals surface area contributed by atoms with E-state index in [1.165, 1.54) is 7.11 Å². The van der Waals surface area contributed by atoms with Gasteiger partial charge in [-0.2, -0.15) is 0 Å². The molecule has 0 saturated heterocycles. The number of methoxy groups -OCH3 is 1. The van der Waals surface area contributed by atoms with Gasteiger partial charge < -0.3 is 4.74 Å². The summed E-state index contributed by atoms with van der Waals surface area (Å²) in [5.74, 6) is 2.37. The first-order valence-electron chi connectivity index (χ1n) is 5.56. The van der Waals surface area contributed by atoms with Gasteiger partial charge in [0, 0.05) is 6.42 Å². The van der Waals surface area contributed by atoms with Gasteiger partial charge in [0.25, 0.3) is 0 Å². The zero-order valence-electron chi connectivity index (χ0n) is 10.8. The zero-order valence-corrected chi connectivity index (χ0v) is 11.8. The average Bonchev–Trinajstić information content (AvgIpc) is 2.26. The molecule has 1 aromatic rings. The summed E-state index contributed by atoms with van der Waals surface area (Å²) in [6, 6.07) is 5.68. The highest BCUT2D eigenvalue weighted by atomic mass is 28.3. The van der Waals surface area contributed by atoms with Crippen LogP contribution in [0.2, 0.25) is 19.6 Å². The van der Waals surface area contributed by atoms with Crippen LogP contribution in [0.4, 0.5) is 0 Å². The molecule has 0 heterocycles. The van der Waals surface area contributed by atoms with E-state index < -0.39 is 8.07 Å². The standard InChI is InChI=1S/C14H18O2Si/c1-6-8-11-9-7-10-12(14(15)16-2)13(11)17(3,4)5/h1,7,9-10H,8H2,2-5H3. The molecule has 0 fully saturated rings. The van der Waals surface area contributed by atoms with E-state index >= 15 is 0 Å². The molecule has 0 radical (unpaired) electrons. The van der Waals surface area contributed by atoms with Crippen LogP contribution < -0.4 is 5.19 Å². The van der Waals surface area contributed by atoms with Crippen LogP contribution in [-0.4, -0.2) is 21.2 Å². The van der Waals surface area contributed by atoms with Crippen molar-refractivity contribution in [3.8, 4) is 12.3 Å². The number of carbonyl (C=O) groups excluding carboxylic acids is 1. The van der Waals surface area contributed by atoms with Crippen molar-refractivity contribution >= 4 is 19.2 Å². The Morgan fingerprint density at radius 2 is 2.06 bits per heavy atom. The van der Waals surface area contributed by atoms with Crippen molar-refractivity contribution in [1.29, 1.82) is 0 Å². The normalized spacial score (nSPS) is 10.8. The summed E-state index contributed by atoms with van der Waals surface area (Å²) in [6.45, 7) is 6.61. The van der Waals surface area contributed by atoms with Crippen LogP contribution in [0.3, 0.4) is 0 Å². The largest absolute Gasteiger partial charge is 0.465 e. The molecule has 0 spiro atoms. The molecule has 2 nitrogen and oxygen atoms in total. The van der Waals surface area contributed by atoms with Gasteiger partial charge in [0.05, 0.1) is 20.7 Å². The summed E-state index contributed by atoms with van der Waals surface area (Å²) >= 11 is 0. The van der Waals surface area contributed by atoms with Gasteiger partial charge in [-0.25, -0.2) is 4.79 Å². The van der Waals surface area contributed by atoms with Crippen LogP contribution in [0.1, 0.15) is 15.9 Å². The van der Waals surface area contributed by atoms with Crippen molar-refractivity contribution in [3.05, 3.63) is 29.3 Å². The fourth-order valence-corrected chi connectivity index (χ4v) is 4.15. The molecule has 90 valence electrons. The fourth-order valence-electron chi connectivity index (χ4n) is 2.02. The first-order chi connectivity index (χ1) is 7.91. The number of hydrogen-bond donors (Lipinski definition) is 0. The molecule has 0 aromatic heterocycles. The van der Waals surface area contributed by atoms with Crippen molar-refractivity contribution in [2.75, 3.05) is 7.11 Å². The summed E-state index contributed by atoms with van der Waals surface area (Å²) in [7, 11) is -0.228. The van der Waals surface area contributed by atoms with Gasteiger partial charge in [0.2, 0.25) is 0 Å². The van der Waals surface area contributed by atoms with Gasteiger partial charge in [-0.3, -0.25) is 0 Å². The van der Waals surface area contributed by atoms with E-state index in [1.807, 2.05) is 18.2 Å². The maximum atomic E-state index is 11.8. The maximum Gasteiger partial charge on any atom is 0.337 e. The van der Waals surface area contributed by atoms with Crippen molar-refractivity contribution in [2.24, 2.45) is 0 Å². The van der Waals surface area contributed by atoms with Crippen molar-refractivity contribution in [2.45, 2.75) is 26.1 Å². The molecule has 1 aromatic carbocycles. The molecule has 17 heavy (non-hydrogen) atoms. The molecule has 3 heteroatoms. The highest BCUT2D eigenvalue weighted by Gasteiger charge is 2.26. The molecular weight excluding hydrogens is 228 g/mol. The van der Waals surface area contributed by atoms with Crippen LogP contribution in [-0.2, 0) is 11.2 Å². The molecule has 1 rings (SSSR count). The van der Waals surface area contributed by atoms with Gasteiger partial charge >= 0.3 is 5.97 Å². The van der Waals surface area contributed by atoms with Crippen molar-refractivity contribution in [3.63, 3.8) is 0 Å². The Hall–Kier alpha value is -1.53. The lowest BCUT2D eigenvalue weighted by Gasteiger charge is -2.23. The molecule has 0 aliphatic heterocycles. The minimum absolute atomic E-state index is 0.277. The number of carbonyl (C=O) groups is 1. The first-order valence-corrected chi connectivity index (χ1v) is 9.06. The number of rotatable bonds is 3. The van der Waals surface area contributed by atoms with Gasteiger partial charge in [-0.1, -0.05) is 31.8 Å². The zero-order chi connectivity index (χ0) is 13.1. The van der Waals surface area contributed by atoms with E-state index in [4.69, 9.17) is 11.2 Å². The van der Waals surface area contributed by atoms with Crippen LogP contribution in [0.15, 0.2) is 18.2 Å². The number of benzene rings is 1. The Morgan fingerprint density at radius 1 is 1.41 bits per heavy atom. The van der Waals surface area contributed by atoms with Crippen LogP contribution in [0, 0.1) is 12.3 Å². The Bertz CT molecular complexity index is 464. The summed E-state index contributed by atoms with van der Waals surface area (Å²) in [6.07, 6.45) is 5.94. The lowest BCUT2D eigenvalue weighted by atomic mass is 10.1. The third-order valence-corrected chi connectivity index (χ3v) is 4.69. The molecule has 0 aliphatic carbocycles. The van der Waals surface area contributed by atoms with E-state index in [9.17, 15) is 4.79 Å². The third-order valence-electron chi connectivity index (χ3n) is 2.60. The topological polar surface area (TPSA) is 26.3 Å². The highest BCUT2D eigenvalue weighted by molar-refractivity contribution is 6.89. The molecule has 0 amide bonds. The number of esters is 1. The maximum absolute atomic E-state index is 11.8. The molecule has 0 bridgehead atoms. The average molecular weight is 246 g/mol. The smallest absolute Gasteiger partial charge is 0.337 e. The van der Waals surface area contributed by atoms with Gasteiger partial charge in [-0.05, 0) is 16.8 Å². The van der Waals surface area contributed by atoms with Crippen LogP contribution in [0.5, 0.6) is 0 Å². The lowest BCUT2D eigenvalue weighted by molar-refractivity contribution is 0.0602. The molecule has 0 saturated carbocycles. The molecule has 0 N–H and O–H groups in total. The second-order valence-electron chi connectivity index (χ2n) is 4.96. The SMILES string of the molecule is C#CCc1cccc(C(=O)OC)c1[Si](C)(C)C. The van der Waals surface area contributed by atoms with Crippen LogP contribution in [0.25, 0.3) is 0 Å². The second kappa shape index (κ2) is 5.20. The number of terminal acetylenes is 1. The van der Waals surface area contributed by atoms with E-state index in [-0.39, 0.29) is 5.97 Å². The summed E-state index contributed by atoms with van der Waals surface area (Å²) in [5, 5.41) is 1.12. The van der Waals surface area contributed by atoms with Crippen LogP contribution >= 0.6 is 0 Å². The fraction of sp³-hybridized carbons (Fsp3) is 0.357. The minimum atomic E-state index is -1.64. The lowest BCUT2D eigenvalue weighted by Crippen LogP contribution is -2.44. The first kappa shape index (κ1) is 13.5. The quantitative estimate of drug-likeness (QED) is 0.464. The minimum Gasteiger partial charge on any atom is -0.465 e. The van der Waals surface area contributed by atoms with Crippen molar-refractivity contribution < 1.29 is 9.53 Å². The van der Waals surface area contributed by atoms with E-state index in [0.29, 0.717) is 12.0 Å². The molecule has 0 unspecified atom stereocenters. The Labute approximate surface area is 104 Å². The monoisotopic (exact) mass is 246 g/mol. The second-order valence-corrected chi connectivity index (χ2v) is 9.96. The van der Waals surface area contributed by atoms with Crippen molar-refractivity contribution in [1.82, 2.24) is 0 Å². The number of hydrogen-bond acceptors (Lipinski definition) is 2. The predicted octanol–water partition coefficient (Wildman–Crippen LogP) is 2.19. The van der Waals surface area contributed by atoms with E-state index in [1.54, 1.807) is 0 Å². The Balaban J connectivity index is 3.46.